The van der Waals surface area contributed by atoms with E-state index < -0.39 is 0 Å². The van der Waals surface area contributed by atoms with Crippen molar-refractivity contribution in [3.05, 3.63) is 6.07 Å². The maximum absolute atomic E-state index is 11.2. The van der Waals surface area contributed by atoms with Crippen LogP contribution in [0.25, 0.3) is 0 Å². The van der Waals surface area contributed by atoms with Gasteiger partial charge < -0.3 is 15.4 Å². The molecule has 0 aliphatic carbocycles. The summed E-state index contributed by atoms with van der Waals surface area (Å²) in [4.78, 5) is 19.8. The summed E-state index contributed by atoms with van der Waals surface area (Å²) in [6, 6.07) is 1.84. The molecule has 106 valence electrons. The van der Waals surface area contributed by atoms with E-state index in [1.165, 1.54) is 11.8 Å². The van der Waals surface area contributed by atoms with Gasteiger partial charge in [0.05, 0.1) is 6.61 Å². The van der Waals surface area contributed by atoms with Gasteiger partial charge in [-0.2, -0.15) is 0 Å². The lowest BCUT2D eigenvalue weighted by atomic mass is 10.3. The summed E-state index contributed by atoms with van der Waals surface area (Å²) in [5, 5.41) is 6.88. The third-order valence-corrected chi connectivity index (χ3v) is 2.86. The quantitative estimate of drug-likeness (QED) is 0.327. The second-order valence-corrected chi connectivity index (χ2v) is 4.48. The van der Waals surface area contributed by atoms with Crippen LogP contribution in [0.2, 0.25) is 0 Å². The number of nitrogens with one attached hydrogen (secondary N) is 2. The smallest absolute Gasteiger partial charge is 0.305 e. The third-order valence-electron chi connectivity index (χ3n) is 2.31. The maximum Gasteiger partial charge on any atom is 0.305 e. The average Bonchev–Trinajstić information content (AvgIpc) is 2.43. The van der Waals surface area contributed by atoms with Gasteiger partial charge in [0.2, 0.25) is 0 Å². The van der Waals surface area contributed by atoms with Crippen molar-refractivity contribution in [2.24, 2.45) is 0 Å². The van der Waals surface area contributed by atoms with E-state index in [9.17, 15) is 4.79 Å². The Morgan fingerprint density at radius 2 is 2.16 bits per heavy atom. The number of ether oxygens (including phenoxy) is 1. The molecular formula is C12H20N4O2S. The van der Waals surface area contributed by atoms with E-state index in [-0.39, 0.29) is 5.97 Å². The number of anilines is 2. The monoisotopic (exact) mass is 284 g/mol. The zero-order valence-electron chi connectivity index (χ0n) is 11.5. The largest absolute Gasteiger partial charge is 0.466 e. The highest BCUT2D eigenvalue weighted by atomic mass is 32.2. The summed E-state index contributed by atoms with van der Waals surface area (Å²) in [6.07, 6.45) is 3.06. The van der Waals surface area contributed by atoms with E-state index >= 15 is 0 Å². The molecule has 0 saturated carbocycles. The van der Waals surface area contributed by atoms with Crippen LogP contribution in [0, 0.1) is 0 Å². The summed E-state index contributed by atoms with van der Waals surface area (Å²) < 4.78 is 4.86. The number of esters is 1. The Hall–Kier alpha value is -1.50. The Bertz CT molecular complexity index is 392. The first-order valence-electron chi connectivity index (χ1n) is 6.20. The molecule has 1 rings (SSSR count). The number of hydrogen-bond donors (Lipinski definition) is 2. The van der Waals surface area contributed by atoms with Crippen LogP contribution < -0.4 is 10.6 Å². The highest BCUT2D eigenvalue weighted by Crippen LogP contribution is 2.16. The summed E-state index contributed by atoms with van der Waals surface area (Å²) in [6.45, 7) is 2.91. The lowest BCUT2D eigenvalue weighted by Crippen LogP contribution is -2.09. The van der Waals surface area contributed by atoms with E-state index in [2.05, 4.69) is 20.6 Å². The molecule has 2 N–H and O–H groups in total. The van der Waals surface area contributed by atoms with Crippen LogP contribution in [-0.4, -0.2) is 42.4 Å². The first-order chi connectivity index (χ1) is 9.19. The SMILES string of the molecule is CCOC(=O)CCCNc1cc(NC)nc(SC)n1. The molecule has 0 aliphatic rings. The molecule has 19 heavy (non-hydrogen) atoms. The zero-order chi connectivity index (χ0) is 14.1. The maximum atomic E-state index is 11.2. The van der Waals surface area contributed by atoms with Crippen molar-refractivity contribution < 1.29 is 9.53 Å². The van der Waals surface area contributed by atoms with Gasteiger partial charge in [-0.1, -0.05) is 11.8 Å². The number of nitrogens with zero attached hydrogens (tertiary/aromatic N) is 2. The van der Waals surface area contributed by atoms with E-state index in [1.54, 1.807) is 6.92 Å². The van der Waals surface area contributed by atoms with Gasteiger partial charge >= 0.3 is 5.97 Å². The van der Waals surface area contributed by atoms with Crippen LogP contribution in [0.1, 0.15) is 19.8 Å². The molecule has 0 aliphatic heterocycles. The van der Waals surface area contributed by atoms with E-state index in [4.69, 9.17) is 4.74 Å². The second-order valence-electron chi connectivity index (χ2n) is 3.71. The Kier molecular flexibility index (Phi) is 7.02. The van der Waals surface area contributed by atoms with Crippen molar-refractivity contribution in [3.63, 3.8) is 0 Å². The first kappa shape index (κ1) is 15.6. The fourth-order valence-corrected chi connectivity index (χ4v) is 1.80. The predicted octanol–water partition coefficient (Wildman–Crippen LogP) is 2.00. The van der Waals surface area contributed by atoms with E-state index in [0.29, 0.717) is 31.1 Å². The molecule has 6 nitrogen and oxygen atoms in total. The Morgan fingerprint density at radius 1 is 1.42 bits per heavy atom. The number of carbonyl (C=O) groups is 1. The van der Waals surface area contributed by atoms with Gasteiger partial charge in [0.15, 0.2) is 5.16 Å². The summed E-state index contributed by atoms with van der Waals surface area (Å²) in [5.41, 5.74) is 0. The molecule has 0 fully saturated rings. The molecular weight excluding hydrogens is 264 g/mol. The molecule has 0 saturated heterocycles. The standard InChI is InChI=1S/C12H20N4O2S/c1-4-18-11(17)6-5-7-14-10-8-9(13-2)15-12(16-10)19-3/h8H,4-7H2,1-3H3,(H2,13,14,15,16). The van der Waals surface area contributed by atoms with Crippen molar-refractivity contribution in [1.82, 2.24) is 9.97 Å². The van der Waals surface area contributed by atoms with Crippen LogP contribution >= 0.6 is 11.8 Å². The molecule has 1 heterocycles. The van der Waals surface area contributed by atoms with Crippen molar-refractivity contribution >= 4 is 29.4 Å². The second kappa shape index (κ2) is 8.58. The zero-order valence-corrected chi connectivity index (χ0v) is 12.3. The van der Waals surface area contributed by atoms with E-state index in [0.717, 1.165) is 11.6 Å². The third kappa shape index (κ3) is 5.78. The Balaban J connectivity index is 2.42. The minimum atomic E-state index is -0.160. The molecule has 1 aromatic heterocycles. The predicted molar refractivity (Wildman–Crippen MR) is 77.7 cm³/mol. The van der Waals surface area contributed by atoms with Crippen LogP contribution in [0.15, 0.2) is 11.2 Å². The van der Waals surface area contributed by atoms with Crippen molar-refractivity contribution in [2.75, 3.05) is 37.1 Å². The fourth-order valence-electron chi connectivity index (χ4n) is 1.42. The number of thioether (sulfide) groups is 1. The lowest BCUT2D eigenvalue weighted by molar-refractivity contribution is -0.143. The molecule has 0 radical (unpaired) electrons. The number of aromatic nitrogens is 2. The van der Waals surface area contributed by atoms with Crippen molar-refractivity contribution in [3.8, 4) is 0 Å². The van der Waals surface area contributed by atoms with Gasteiger partial charge in [-0.15, -0.1) is 0 Å². The van der Waals surface area contributed by atoms with Crippen molar-refractivity contribution in [1.29, 1.82) is 0 Å². The molecule has 0 atom stereocenters. The molecule has 0 bridgehead atoms. The minimum absolute atomic E-state index is 0.160. The number of rotatable bonds is 8. The summed E-state index contributed by atoms with van der Waals surface area (Å²) in [5.74, 6) is 1.37. The molecule has 0 unspecified atom stereocenters. The van der Waals surface area contributed by atoms with Gasteiger partial charge in [-0.25, -0.2) is 9.97 Å². The number of hydrogen-bond acceptors (Lipinski definition) is 7. The topological polar surface area (TPSA) is 76.1 Å². The van der Waals surface area contributed by atoms with Crippen LogP contribution in [0.3, 0.4) is 0 Å². The van der Waals surface area contributed by atoms with Gasteiger partial charge in [-0.3, -0.25) is 4.79 Å². The Morgan fingerprint density at radius 3 is 2.79 bits per heavy atom. The summed E-state index contributed by atoms with van der Waals surface area (Å²) >= 11 is 1.49. The highest BCUT2D eigenvalue weighted by Gasteiger charge is 2.04. The molecule has 1 aromatic rings. The molecule has 0 amide bonds. The minimum Gasteiger partial charge on any atom is -0.466 e. The normalized spacial score (nSPS) is 10.1. The highest BCUT2D eigenvalue weighted by molar-refractivity contribution is 7.98. The van der Waals surface area contributed by atoms with Gasteiger partial charge in [0, 0.05) is 26.1 Å². The average molecular weight is 284 g/mol. The molecule has 7 heteroatoms. The fraction of sp³-hybridized carbons (Fsp3) is 0.583. The van der Waals surface area contributed by atoms with Crippen molar-refractivity contribution in [2.45, 2.75) is 24.9 Å². The number of carbonyl (C=O) groups excluding carboxylic acids is 1. The van der Waals surface area contributed by atoms with Gasteiger partial charge in [0.25, 0.3) is 0 Å². The Labute approximate surface area is 117 Å². The van der Waals surface area contributed by atoms with Gasteiger partial charge in [-0.05, 0) is 19.6 Å². The summed E-state index contributed by atoms with van der Waals surface area (Å²) in [7, 11) is 1.82. The van der Waals surface area contributed by atoms with Crippen LogP contribution in [0.5, 0.6) is 0 Å². The molecule has 0 aromatic carbocycles. The lowest BCUT2D eigenvalue weighted by Gasteiger charge is -2.08. The van der Waals surface area contributed by atoms with Crippen LogP contribution in [-0.2, 0) is 9.53 Å². The van der Waals surface area contributed by atoms with Gasteiger partial charge in [0.1, 0.15) is 11.6 Å². The van der Waals surface area contributed by atoms with E-state index in [1.807, 2.05) is 19.4 Å². The van der Waals surface area contributed by atoms with Crippen LogP contribution in [0.4, 0.5) is 11.6 Å². The first-order valence-corrected chi connectivity index (χ1v) is 7.42. The molecule has 0 spiro atoms.